The van der Waals surface area contributed by atoms with Crippen molar-refractivity contribution in [2.75, 3.05) is 14.2 Å². The smallest absolute Gasteiger partial charge is 0.339 e. The highest BCUT2D eigenvalue weighted by Gasteiger charge is 2.22. The maximum absolute atomic E-state index is 12.3. The summed E-state index contributed by atoms with van der Waals surface area (Å²) in [6, 6.07) is 4.56. The average Bonchev–Trinajstić information content (AvgIpc) is 3.08. The van der Waals surface area contributed by atoms with Crippen LogP contribution < -0.4 is 5.56 Å². The monoisotopic (exact) mass is 365 g/mol. The first-order chi connectivity index (χ1) is 11.8. The lowest BCUT2D eigenvalue weighted by molar-refractivity contribution is -0.386. The molecule has 0 aliphatic heterocycles. The van der Waals surface area contributed by atoms with Gasteiger partial charge in [0.25, 0.3) is 0 Å². The number of hydrogen-bond acceptors (Lipinski definition) is 7. The van der Waals surface area contributed by atoms with Gasteiger partial charge in [-0.2, -0.15) is 0 Å². The van der Waals surface area contributed by atoms with Crippen LogP contribution in [0.4, 0.5) is 5.69 Å². The minimum absolute atomic E-state index is 0.178. The standard InChI is InChI=1S/C15H15N3O6S/c1-16(8-11-4-3-5-25-11)13(19)9-17-7-10(15(21)24-2)6-12(14(17)20)18(22)23/h3-7H,8-9H2,1-2H3. The van der Waals surface area contributed by atoms with Crippen molar-refractivity contribution < 1.29 is 19.2 Å². The molecule has 0 bridgehead atoms. The SMILES string of the molecule is COC(=O)c1cc([N+](=O)[O-])c(=O)n(CC(=O)N(C)Cc2cccs2)c1. The van der Waals surface area contributed by atoms with Crippen LogP contribution in [0.15, 0.2) is 34.6 Å². The van der Waals surface area contributed by atoms with E-state index in [4.69, 9.17) is 0 Å². The van der Waals surface area contributed by atoms with Crippen molar-refractivity contribution in [2.45, 2.75) is 13.1 Å². The fraction of sp³-hybridized carbons (Fsp3) is 0.267. The lowest BCUT2D eigenvalue weighted by Gasteiger charge is -2.17. The van der Waals surface area contributed by atoms with Crippen molar-refractivity contribution in [3.63, 3.8) is 0 Å². The van der Waals surface area contributed by atoms with E-state index in [0.717, 1.165) is 28.8 Å². The Labute approximate surface area is 146 Å². The zero-order chi connectivity index (χ0) is 18.6. The van der Waals surface area contributed by atoms with Gasteiger partial charge in [-0.15, -0.1) is 11.3 Å². The van der Waals surface area contributed by atoms with Gasteiger partial charge < -0.3 is 9.64 Å². The van der Waals surface area contributed by atoms with E-state index in [9.17, 15) is 24.5 Å². The number of pyridine rings is 1. The zero-order valence-electron chi connectivity index (χ0n) is 13.5. The first kappa shape index (κ1) is 18.3. The van der Waals surface area contributed by atoms with E-state index in [0.29, 0.717) is 6.54 Å². The number of aromatic nitrogens is 1. The van der Waals surface area contributed by atoms with Gasteiger partial charge in [0, 0.05) is 24.2 Å². The molecule has 0 saturated carbocycles. The fourth-order valence-electron chi connectivity index (χ4n) is 2.09. The largest absolute Gasteiger partial charge is 0.465 e. The number of likely N-dealkylation sites (N-methyl/N-ethyl adjacent to an activating group) is 1. The Bertz CT molecular complexity index is 859. The van der Waals surface area contributed by atoms with Gasteiger partial charge in [-0.1, -0.05) is 6.07 Å². The molecule has 0 fully saturated rings. The van der Waals surface area contributed by atoms with Crippen molar-refractivity contribution in [2.24, 2.45) is 0 Å². The number of thiophene rings is 1. The number of amides is 1. The molecule has 0 unspecified atom stereocenters. The summed E-state index contributed by atoms with van der Waals surface area (Å²) >= 11 is 1.48. The molecule has 0 spiro atoms. The molecule has 0 aromatic carbocycles. The van der Waals surface area contributed by atoms with Gasteiger partial charge in [0.05, 0.1) is 24.1 Å². The number of carbonyl (C=O) groups is 2. The average molecular weight is 365 g/mol. The van der Waals surface area contributed by atoms with Gasteiger partial charge in [-0.05, 0) is 11.4 Å². The second-order valence-corrected chi connectivity index (χ2v) is 6.16. The zero-order valence-corrected chi connectivity index (χ0v) is 14.3. The summed E-state index contributed by atoms with van der Waals surface area (Å²) < 4.78 is 5.36. The molecule has 0 radical (unpaired) electrons. The molecule has 0 saturated heterocycles. The molecular weight excluding hydrogens is 350 g/mol. The second kappa shape index (κ2) is 7.71. The number of esters is 1. The van der Waals surface area contributed by atoms with Crippen molar-refractivity contribution in [3.05, 3.63) is 60.7 Å². The predicted molar refractivity (Wildman–Crippen MR) is 89.5 cm³/mol. The number of nitrogens with zero attached hydrogens (tertiary/aromatic N) is 3. The molecule has 2 aromatic heterocycles. The third kappa shape index (κ3) is 4.29. The van der Waals surface area contributed by atoms with Crippen LogP contribution in [0.3, 0.4) is 0 Å². The normalized spacial score (nSPS) is 10.3. The van der Waals surface area contributed by atoms with Gasteiger partial charge in [-0.3, -0.25) is 24.3 Å². The number of hydrogen-bond donors (Lipinski definition) is 0. The lowest BCUT2D eigenvalue weighted by Crippen LogP contribution is -2.34. The van der Waals surface area contributed by atoms with Crippen molar-refractivity contribution in [1.82, 2.24) is 9.47 Å². The molecule has 9 nitrogen and oxygen atoms in total. The highest BCUT2D eigenvalue weighted by molar-refractivity contribution is 7.09. The van der Waals surface area contributed by atoms with Crippen LogP contribution in [0.2, 0.25) is 0 Å². The quantitative estimate of drug-likeness (QED) is 0.433. The maximum Gasteiger partial charge on any atom is 0.339 e. The molecule has 0 atom stereocenters. The summed E-state index contributed by atoms with van der Waals surface area (Å²) in [4.78, 5) is 48.6. The lowest BCUT2D eigenvalue weighted by atomic mass is 10.2. The number of ether oxygens (including phenoxy) is 1. The Morgan fingerprint density at radius 2 is 2.16 bits per heavy atom. The summed E-state index contributed by atoms with van der Waals surface area (Å²) in [5.41, 5.74) is -1.94. The van der Waals surface area contributed by atoms with Crippen LogP contribution in [0.25, 0.3) is 0 Å². The highest BCUT2D eigenvalue weighted by Crippen LogP contribution is 2.12. The molecule has 132 valence electrons. The van der Waals surface area contributed by atoms with E-state index >= 15 is 0 Å². The molecule has 10 heteroatoms. The molecule has 2 rings (SSSR count). The van der Waals surface area contributed by atoms with Gasteiger partial charge in [0.1, 0.15) is 6.54 Å². The summed E-state index contributed by atoms with van der Waals surface area (Å²) in [6.45, 7) is -0.0730. The summed E-state index contributed by atoms with van der Waals surface area (Å²) in [7, 11) is 2.68. The van der Waals surface area contributed by atoms with E-state index in [1.54, 1.807) is 7.05 Å². The summed E-state index contributed by atoms with van der Waals surface area (Å²) in [5, 5.41) is 12.9. The van der Waals surface area contributed by atoms with Crippen LogP contribution in [-0.4, -0.2) is 40.4 Å². The predicted octanol–water partition coefficient (Wildman–Crippen LogP) is 1.26. The fourth-order valence-corrected chi connectivity index (χ4v) is 2.85. The number of nitro groups is 1. The minimum Gasteiger partial charge on any atom is -0.465 e. The first-order valence-electron chi connectivity index (χ1n) is 7.07. The van der Waals surface area contributed by atoms with Gasteiger partial charge >= 0.3 is 17.2 Å². The van der Waals surface area contributed by atoms with E-state index in [1.807, 2.05) is 17.5 Å². The van der Waals surface area contributed by atoms with Crippen molar-refractivity contribution >= 4 is 28.9 Å². The molecular formula is C15H15N3O6S. The summed E-state index contributed by atoms with van der Waals surface area (Å²) in [6.07, 6.45) is 1.08. The Balaban J connectivity index is 2.29. The molecule has 0 aliphatic carbocycles. The maximum atomic E-state index is 12.3. The molecule has 1 amide bonds. The van der Waals surface area contributed by atoms with Crippen molar-refractivity contribution in [3.8, 4) is 0 Å². The van der Waals surface area contributed by atoms with Crippen LogP contribution in [0.1, 0.15) is 15.2 Å². The Kier molecular flexibility index (Phi) is 5.65. The third-order valence-electron chi connectivity index (χ3n) is 3.39. The van der Waals surface area contributed by atoms with E-state index in [2.05, 4.69) is 4.74 Å². The van der Waals surface area contributed by atoms with Crippen LogP contribution >= 0.6 is 11.3 Å². The Morgan fingerprint density at radius 3 is 2.72 bits per heavy atom. The van der Waals surface area contributed by atoms with Gasteiger partial charge in [0.2, 0.25) is 5.91 Å². The first-order valence-corrected chi connectivity index (χ1v) is 7.95. The molecule has 0 aliphatic rings. The van der Waals surface area contributed by atoms with E-state index < -0.39 is 34.6 Å². The van der Waals surface area contributed by atoms with E-state index in [1.165, 1.54) is 16.2 Å². The summed E-state index contributed by atoms with van der Waals surface area (Å²) in [5.74, 6) is -1.26. The molecule has 0 N–H and O–H groups in total. The topological polar surface area (TPSA) is 112 Å². The minimum atomic E-state index is -0.962. The Hall–Kier alpha value is -3.01. The Morgan fingerprint density at radius 1 is 1.44 bits per heavy atom. The molecule has 2 heterocycles. The van der Waals surface area contributed by atoms with Crippen LogP contribution in [-0.2, 0) is 22.6 Å². The third-order valence-corrected chi connectivity index (χ3v) is 4.25. The molecule has 2 aromatic rings. The molecule has 25 heavy (non-hydrogen) atoms. The van der Waals surface area contributed by atoms with E-state index in [-0.39, 0.29) is 5.56 Å². The number of carbonyl (C=O) groups excluding carboxylic acids is 2. The number of methoxy groups -OCH3 is 1. The van der Waals surface area contributed by atoms with Crippen LogP contribution in [0, 0.1) is 10.1 Å². The van der Waals surface area contributed by atoms with Crippen molar-refractivity contribution in [1.29, 1.82) is 0 Å². The number of rotatable bonds is 6. The van der Waals surface area contributed by atoms with Gasteiger partial charge in [-0.25, -0.2) is 4.79 Å². The second-order valence-electron chi connectivity index (χ2n) is 5.12. The highest BCUT2D eigenvalue weighted by atomic mass is 32.1. The van der Waals surface area contributed by atoms with Crippen LogP contribution in [0.5, 0.6) is 0 Å². The van der Waals surface area contributed by atoms with Gasteiger partial charge in [0.15, 0.2) is 0 Å².